The predicted molar refractivity (Wildman–Crippen MR) is 99.6 cm³/mol. The molecule has 1 aromatic heterocycles. The van der Waals surface area contributed by atoms with Crippen LogP contribution in [0.5, 0.6) is 0 Å². The van der Waals surface area contributed by atoms with Crippen LogP contribution in [0, 0.1) is 0 Å². The molecule has 0 aliphatic carbocycles. The maximum atomic E-state index is 13.6. The Balaban J connectivity index is 2.81. The Bertz CT molecular complexity index is 824. The zero-order valence-electron chi connectivity index (χ0n) is 16.5. The smallest absolute Gasteiger partial charge is 0.299 e. The quantitative estimate of drug-likeness (QED) is 0.392. The SMILES string of the molecule is CC(C)(C)P(c1nccn1-c1cc(C(F)(F)F)ccc1C(F)(F)F)C(C)(C)C. The van der Waals surface area contributed by atoms with Gasteiger partial charge in [-0.2, -0.15) is 26.3 Å². The van der Waals surface area contributed by atoms with Crippen LogP contribution >= 0.6 is 7.92 Å². The lowest BCUT2D eigenvalue weighted by Gasteiger charge is -2.40. The number of halogens is 6. The molecule has 0 saturated carbocycles. The standard InChI is InChI=1S/C19H23F6N2P/c1-16(2,3)28(17(4,5)6)15-26-9-10-27(15)14-11-12(18(20,21)22)7-8-13(14)19(23,24)25/h7-11H,1-6H3. The van der Waals surface area contributed by atoms with Crippen molar-refractivity contribution in [3.63, 3.8) is 0 Å². The molecule has 0 atom stereocenters. The summed E-state index contributed by atoms with van der Waals surface area (Å²) in [6.45, 7) is 11.7. The summed E-state index contributed by atoms with van der Waals surface area (Å²) in [5.41, 5.74) is -2.46. The summed E-state index contributed by atoms with van der Waals surface area (Å²) in [6, 6.07) is 1.49. The van der Waals surface area contributed by atoms with Crippen LogP contribution in [0.25, 0.3) is 5.69 Å². The van der Waals surface area contributed by atoms with Crippen LogP contribution in [0.3, 0.4) is 0 Å². The fraction of sp³-hybridized carbons (Fsp3) is 0.526. The van der Waals surface area contributed by atoms with Crippen LogP contribution in [-0.4, -0.2) is 19.9 Å². The number of rotatable bonds is 2. The molecular weight excluding hydrogens is 401 g/mol. The van der Waals surface area contributed by atoms with Crippen molar-refractivity contribution in [1.82, 2.24) is 9.55 Å². The zero-order valence-corrected chi connectivity index (χ0v) is 17.4. The molecule has 9 heteroatoms. The maximum absolute atomic E-state index is 13.6. The third-order valence-electron chi connectivity index (χ3n) is 4.05. The monoisotopic (exact) mass is 424 g/mol. The predicted octanol–water partition coefficient (Wildman–Crippen LogP) is 6.61. The van der Waals surface area contributed by atoms with Gasteiger partial charge in [0.2, 0.25) is 0 Å². The third-order valence-corrected chi connectivity index (χ3v) is 7.47. The van der Waals surface area contributed by atoms with Gasteiger partial charge in [0.25, 0.3) is 0 Å². The van der Waals surface area contributed by atoms with Gasteiger partial charge in [-0.3, -0.25) is 4.57 Å². The zero-order chi connectivity index (χ0) is 21.7. The first-order valence-corrected chi connectivity index (χ1v) is 9.90. The molecular formula is C19H23F6N2P. The van der Waals surface area contributed by atoms with E-state index in [1.54, 1.807) is 0 Å². The summed E-state index contributed by atoms with van der Waals surface area (Å²) in [5, 5.41) is -0.645. The van der Waals surface area contributed by atoms with Gasteiger partial charge in [0, 0.05) is 12.4 Å². The first-order chi connectivity index (χ1) is 12.4. The van der Waals surface area contributed by atoms with E-state index in [-0.39, 0.29) is 10.3 Å². The van der Waals surface area contributed by atoms with Crippen LogP contribution in [0.1, 0.15) is 52.7 Å². The van der Waals surface area contributed by atoms with E-state index >= 15 is 0 Å². The number of nitrogens with zero attached hydrogens (tertiary/aromatic N) is 2. The average Bonchev–Trinajstić information content (AvgIpc) is 2.90. The Kier molecular flexibility index (Phi) is 5.72. The molecule has 2 rings (SSSR count). The van der Waals surface area contributed by atoms with E-state index in [4.69, 9.17) is 0 Å². The molecule has 0 amide bonds. The van der Waals surface area contributed by atoms with Gasteiger partial charge in [0.1, 0.15) is 5.57 Å². The Morgan fingerprint density at radius 1 is 0.821 bits per heavy atom. The van der Waals surface area contributed by atoms with Gasteiger partial charge >= 0.3 is 12.4 Å². The number of aromatic nitrogens is 2. The maximum Gasteiger partial charge on any atom is 0.418 e. The van der Waals surface area contributed by atoms with E-state index in [9.17, 15) is 26.3 Å². The van der Waals surface area contributed by atoms with Gasteiger partial charge in [-0.1, -0.05) is 41.5 Å². The van der Waals surface area contributed by atoms with Crippen LogP contribution < -0.4 is 5.57 Å². The van der Waals surface area contributed by atoms with E-state index in [0.29, 0.717) is 23.8 Å². The summed E-state index contributed by atoms with van der Waals surface area (Å²) in [6.07, 6.45) is -6.92. The second kappa shape index (κ2) is 7.05. The summed E-state index contributed by atoms with van der Waals surface area (Å²) in [5.74, 6) is 0. The van der Waals surface area contributed by atoms with Crippen LogP contribution in [0.15, 0.2) is 30.6 Å². The fourth-order valence-electron chi connectivity index (χ4n) is 3.40. The molecule has 2 nitrogen and oxygen atoms in total. The Morgan fingerprint density at radius 3 is 1.79 bits per heavy atom. The van der Waals surface area contributed by atoms with Crippen LogP contribution in [0.4, 0.5) is 26.3 Å². The molecule has 0 aliphatic rings. The minimum Gasteiger partial charge on any atom is -0.299 e. The van der Waals surface area contributed by atoms with Gasteiger partial charge in [-0.25, -0.2) is 4.98 Å². The Hall–Kier alpha value is -1.56. The van der Waals surface area contributed by atoms with E-state index in [2.05, 4.69) is 4.98 Å². The molecule has 0 spiro atoms. The molecule has 1 aromatic carbocycles. The molecule has 0 radical (unpaired) electrons. The lowest BCUT2D eigenvalue weighted by Crippen LogP contribution is -2.35. The molecule has 156 valence electrons. The highest BCUT2D eigenvalue weighted by molar-refractivity contribution is 7.68. The summed E-state index contributed by atoms with van der Waals surface area (Å²) >= 11 is 0. The summed E-state index contributed by atoms with van der Waals surface area (Å²) in [7, 11) is -1.13. The molecule has 0 fully saturated rings. The number of imidazole rings is 1. The lowest BCUT2D eigenvalue weighted by atomic mass is 10.1. The highest BCUT2D eigenvalue weighted by atomic mass is 31.1. The molecule has 0 aliphatic heterocycles. The Labute approximate surface area is 161 Å². The molecule has 0 unspecified atom stereocenters. The van der Waals surface area contributed by atoms with Crippen LogP contribution in [-0.2, 0) is 12.4 Å². The largest absolute Gasteiger partial charge is 0.418 e. The lowest BCUT2D eigenvalue weighted by molar-refractivity contribution is -0.141. The van der Waals surface area contributed by atoms with Crippen molar-refractivity contribution in [3.05, 3.63) is 41.7 Å². The van der Waals surface area contributed by atoms with Crippen molar-refractivity contribution in [1.29, 1.82) is 0 Å². The van der Waals surface area contributed by atoms with Gasteiger partial charge in [0.15, 0.2) is 0 Å². The molecule has 2 aromatic rings. The van der Waals surface area contributed by atoms with E-state index in [0.717, 1.165) is 0 Å². The van der Waals surface area contributed by atoms with Crippen molar-refractivity contribution < 1.29 is 26.3 Å². The van der Waals surface area contributed by atoms with Crippen LogP contribution in [0.2, 0.25) is 0 Å². The summed E-state index contributed by atoms with van der Waals surface area (Å²) < 4.78 is 81.4. The minimum atomic E-state index is -4.80. The van der Waals surface area contributed by atoms with E-state index in [1.807, 2.05) is 41.5 Å². The second-order valence-corrected chi connectivity index (χ2v) is 12.3. The normalized spacial score (nSPS) is 14.0. The van der Waals surface area contributed by atoms with Crippen molar-refractivity contribution in [2.45, 2.75) is 64.2 Å². The van der Waals surface area contributed by atoms with Crippen molar-refractivity contribution >= 4 is 13.5 Å². The average molecular weight is 424 g/mol. The molecule has 0 N–H and O–H groups in total. The first kappa shape index (κ1) is 22.7. The minimum absolute atomic E-state index is 0.323. The fourth-order valence-corrected chi connectivity index (χ4v) is 7.19. The number of hydrogen-bond donors (Lipinski definition) is 0. The Morgan fingerprint density at radius 2 is 1.36 bits per heavy atom. The summed E-state index contributed by atoms with van der Waals surface area (Å²) in [4.78, 5) is 4.28. The second-order valence-electron chi connectivity index (χ2n) is 8.50. The highest BCUT2D eigenvalue weighted by Gasteiger charge is 2.41. The van der Waals surface area contributed by atoms with Gasteiger partial charge in [-0.15, -0.1) is 0 Å². The van der Waals surface area contributed by atoms with E-state index in [1.165, 1.54) is 17.0 Å². The molecule has 0 saturated heterocycles. The topological polar surface area (TPSA) is 17.8 Å². The van der Waals surface area contributed by atoms with Gasteiger partial charge in [0.05, 0.1) is 16.8 Å². The van der Waals surface area contributed by atoms with Gasteiger partial charge < -0.3 is 0 Å². The van der Waals surface area contributed by atoms with Crippen molar-refractivity contribution in [2.24, 2.45) is 0 Å². The number of hydrogen-bond acceptors (Lipinski definition) is 1. The molecule has 28 heavy (non-hydrogen) atoms. The van der Waals surface area contributed by atoms with Gasteiger partial charge in [-0.05, 0) is 36.4 Å². The third kappa shape index (κ3) is 4.70. The number of benzene rings is 1. The molecule has 1 heterocycles. The highest BCUT2D eigenvalue weighted by Crippen LogP contribution is 2.58. The van der Waals surface area contributed by atoms with Crippen molar-refractivity contribution in [2.75, 3.05) is 0 Å². The first-order valence-electron chi connectivity index (χ1n) is 8.56. The number of alkyl halides is 6. The molecule has 0 bridgehead atoms. The van der Waals surface area contributed by atoms with Crippen molar-refractivity contribution in [3.8, 4) is 5.69 Å². The van der Waals surface area contributed by atoms with E-state index < -0.39 is 37.1 Å².